The molecule has 1 aliphatic rings. The molecule has 0 saturated carbocycles. The van der Waals surface area contributed by atoms with Crippen molar-refractivity contribution in [2.45, 2.75) is 31.8 Å². The number of methoxy groups -OCH3 is 1. The lowest BCUT2D eigenvalue weighted by Gasteiger charge is -2.25. The van der Waals surface area contributed by atoms with Crippen LogP contribution in [-0.4, -0.2) is 17.1 Å². The zero-order chi connectivity index (χ0) is 15.6. The Morgan fingerprint density at radius 3 is 3.17 bits per heavy atom. The average Bonchev–Trinajstić information content (AvgIpc) is 3.03. The Morgan fingerprint density at radius 2 is 2.26 bits per heavy atom. The number of fused-ring (bicyclic) bond motifs is 2. The Bertz CT molecular complexity index is 824. The second kappa shape index (κ2) is 6.05. The number of hydrogen-bond donors (Lipinski definition) is 2. The van der Waals surface area contributed by atoms with Crippen molar-refractivity contribution in [3.63, 3.8) is 0 Å². The monoisotopic (exact) mass is 307 g/mol. The Labute approximate surface area is 135 Å². The quantitative estimate of drug-likeness (QED) is 0.772. The van der Waals surface area contributed by atoms with E-state index in [0.717, 1.165) is 29.6 Å². The summed E-state index contributed by atoms with van der Waals surface area (Å²) in [6.45, 7) is 0.816. The van der Waals surface area contributed by atoms with Crippen molar-refractivity contribution < 1.29 is 4.74 Å². The number of aryl methyl sites for hydroxylation is 1. The molecule has 2 aromatic heterocycles. The molecule has 2 heterocycles. The standard InChI is InChI=1S/C19H21N3O/c1-23-19-9-3-8-18-15(19)11-13(22-18)12-21-17-7-2-6-16-14(17)5-4-10-20-16/h3-5,8-11,17,21-22H,2,6-7,12H2,1H3. The van der Waals surface area contributed by atoms with Crippen LogP contribution in [0.4, 0.5) is 0 Å². The summed E-state index contributed by atoms with van der Waals surface area (Å²) < 4.78 is 5.43. The molecule has 118 valence electrons. The molecule has 1 aromatic carbocycles. The van der Waals surface area contributed by atoms with Crippen molar-refractivity contribution in [1.29, 1.82) is 0 Å². The lowest BCUT2D eigenvalue weighted by molar-refractivity contribution is 0.420. The minimum Gasteiger partial charge on any atom is -0.496 e. The van der Waals surface area contributed by atoms with Gasteiger partial charge in [-0.3, -0.25) is 4.98 Å². The van der Waals surface area contributed by atoms with Crippen molar-refractivity contribution in [3.05, 3.63) is 59.5 Å². The zero-order valence-electron chi connectivity index (χ0n) is 13.3. The number of nitrogens with one attached hydrogen (secondary N) is 2. The third kappa shape index (κ3) is 2.70. The predicted octanol–water partition coefficient (Wildman–Crippen LogP) is 3.74. The van der Waals surface area contributed by atoms with Crippen LogP contribution in [0.3, 0.4) is 0 Å². The first-order chi connectivity index (χ1) is 11.3. The van der Waals surface area contributed by atoms with E-state index in [-0.39, 0.29) is 0 Å². The molecular weight excluding hydrogens is 286 g/mol. The normalized spacial score (nSPS) is 17.2. The zero-order valence-corrected chi connectivity index (χ0v) is 13.3. The molecule has 0 saturated heterocycles. The molecule has 3 aromatic rings. The van der Waals surface area contributed by atoms with Gasteiger partial charge >= 0.3 is 0 Å². The highest BCUT2D eigenvalue weighted by Gasteiger charge is 2.20. The maximum atomic E-state index is 5.43. The number of aromatic amines is 1. The number of pyridine rings is 1. The molecule has 1 unspecified atom stereocenters. The van der Waals surface area contributed by atoms with Gasteiger partial charge in [-0.1, -0.05) is 12.1 Å². The van der Waals surface area contributed by atoms with E-state index in [1.807, 2.05) is 24.4 Å². The van der Waals surface area contributed by atoms with Gasteiger partial charge in [0.2, 0.25) is 0 Å². The first-order valence-corrected chi connectivity index (χ1v) is 8.17. The largest absolute Gasteiger partial charge is 0.496 e. The molecular formula is C19H21N3O. The fourth-order valence-electron chi connectivity index (χ4n) is 3.51. The van der Waals surface area contributed by atoms with Crippen LogP contribution in [-0.2, 0) is 13.0 Å². The van der Waals surface area contributed by atoms with Crippen molar-refractivity contribution >= 4 is 10.9 Å². The molecule has 4 rings (SSSR count). The molecule has 4 nitrogen and oxygen atoms in total. The average molecular weight is 307 g/mol. The van der Waals surface area contributed by atoms with E-state index in [1.54, 1.807) is 7.11 Å². The fraction of sp³-hybridized carbons (Fsp3) is 0.316. The first kappa shape index (κ1) is 14.3. The third-order valence-corrected chi connectivity index (χ3v) is 4.65. The van der Waals surface area contributed by atoms with E-state index in [0.29, 0.717) is 6.04 Å². The summed E-state index contributed by atoms with van der Waals surface area (Å²) in [5.41, 5.74) is 4.90. The van der Waals surface area contributed by atoms with E-state index in [9.17, 15) is 0 Å². The highest BCUT2D eigenvalue weighted by Crippen LogP contribution is 2.29. The summed E-state index contributed by atoms with van der Waals surface area (Å²) in [4.78, 5) is 7.99. The molecule has 1 aliphatic carbocycles. The van der Waals surface area contributed by atoms with Gasteiger partial charge < -0.3 is 15.0 Å². The number of nitrogens with zero attached hydrogens (tertiary/aromatic N) is 1. The summed E-state index contributed by atoms with van der Waals surface area (Å²) in [5.74, 6) is 0.914. The van der Waals surface area contributed by atoms with Crippen molar-refractivity contribution in [2.75, 3.05) is 7.11 Å². The first-order valence-electron chi connectivity index (χ1n) is 8.17. The topological polar surface area (TPSA) is 49.9 Å². The Hall–Kier alpha value is -2.33. The molecule has 23 heavy (non-hydrogen) atoms. The second-order valence-corrected chi connectivity index (χ2v) is 6.08. The van der Waals surface area contributed by atoms with E-state index >= 15 is 0 Å². The molecule has 1 atom stereocenters. The van der Waals surface area contributed by atoms with Crippen LogP contribution >= 0.6 is 0 Å². The molecule has 0 radical (unpaired) electrons. The summed E-state index contributed by atoms with van der Waals surface area (Å²) in [6, 6.07) is 12.9. The molecule has 2 N–H and O–H groups in total. The third-order valence-electron chi connectivity index (χ3n) is 4.65. The molecule has 4 heteroatoms. The summed E-state index contributed by atoms with van der Waals surface area (Å²) in [7, 11) is 1.71. The van der Waals surface area contributed by atoms with E-state index in [4.69, 9.17) is 4.74 Å². The Balaban J connectivity index is 1.54. The summed E-state index contributed by atoms with van der Waals surface area (Å²) in [6.07, 6.45) is 5.35. The number of rotatable bonds is 4. The number of benzene rings is 1. The van der Waals surface area contributed by atoms with Crippen LogP contribution in [0.25, 0.3) is 10.9 Å². The molecule has 0 bridgehead atoms. The van der Waals surface area contributed by atoms with E-state index in [1.165, 1.54) is 29.8 Å². The predicted molar refractivity (Wildman–Crippen MR) is 91.6 cm³/mol. The van der Waals surface area contributed by atoms with Crippen molar-refractivity contribution in [1.82, 2.24) is 15.3 Å². The van der Waals surface area contributed by atoms with Crippen LogP contribution in [0, 0.1) is 0 Å². The molecule has 0 amide bonds. The van der Waals surface area contributed by atoms with Gasteiger partial charge in [-0.15, -0.1) is 0 Å². The number of ether oxygens (including phenoxy) is 1. The SMILES string of the molecule is COc1cccc2[nH]c(CNC3CCCc4ncccc43)cc12. The Morgan fingerprint density at radius 1 is 1.30 bits per heavy atom. The highest BCUT2D eigenvalue weighted by molar-refractivity contribution is 5.86. The lowest BCUT2D eigenvalue weighted by atomic mass is 9.91. The van der Waals surface area contributed by atoms with Gasteiger partial charge in [0, 0.05) is 41.1 Å². The summed E-state index contributed by atoms with van der Waals surface area (Å²) >= 11 is 0. The maximum Gasteiger partial charge on any atom is 0.128 e. The van der Waals surface area contributed by atoms with E-state index < -0.39 is 0 Å². The van der Waals surface area contributed by atoms with Crippen LogP contribution in [0.1, 0.15) is 35.8 Å². The van der Waals surface area contributed by atoms with Gasteiger partial charge in [0.05, 0.1) is 7.11 Å². The van der Waals surface area contributed by atoms with E-state index in [2.05, 4.69) is 33.5 Å². The lowest BCUT2D eigenvalue weighted by Crippen LogP contribution is -2.25. The number of hydrogen-bond acceptors (Lipinski definition) is 3. The number of H-pyrrole nitrogens is 1. The van der Waals surface area contributed by atoms with Crippen LogP contribution in [0.2, 0.25) is 0 Å². The van der Waals surface area contributed by atoms with Gasteiger partial charge in [0.25, 0.3) is 0 Å². The van der Waals surface area contributed by atoms with Gasteiger partial charge in [-0.2, -0.15) is 0 Å². The van der Waals surface area contributed by atoms with Crippen LogP contribution < -0.4 is 10.1 Å². The maximum absolute atomic E-state index is 5.43. The van der Waals surface area contributed by atoms with Crippen LogP contribution in [0.15, 0.2) is 42.6 Å². The minimum atomic E-state index is 0.390. The van der Waals surface area contributed by atoms with Gasteiger partial charge in [0.1, 0.15) is 5.75 Å². The van der Waals surface area contributed by atoms with Gasteiger partial charge in [-0.25, -0.2) is 0 Å². The fourth-order valence-corrected chi connectivity index (χ4v) is 3.51. The second-order valence-electron chi connectivity index (χ2n) is 6.08. The Kier molecular flexibility index (Phi) is 3.75. The van der Waals surface area contributed by atoms with Crippen LogP contribution in [0.5, 0.6) is 5.75 Å². The smallest absolute Gasteiger partial charge is 0.128 e. The minimum absolute atomic E-state index is 0.390. The van der Waals surface area contributed by atoms with Gasteiger partial charge in [-0.05, 0) is 49.1 Å². The molecule has 0 aliphatic heterocycles. The summed E-state index contributed by atoms with van der Waals surface area (Å²) in [5, 5.41) is 4.82. The number of aromatic nitrogens is 2. The van der Waals surface area contributed by atoms with Gasteiger partial charge in [0.15, 0.2) is 0 Å². The van der Waals surface area contributed by atoms with Crippen molar-refractivity contribution in [2.24, 2.45) is 0 Å². The highest BCUT2D eigenvalue weighted by atomic mass is 16.5. The van der Waals surface area contributed by atoms with Crippen molar-refractivity contribution in [3.8, 4) is 5.75 Å². The molecule has 0 fully saturated rings. The molecule has 0 spiro atoms.